The van der Waals surface area contributed by atoms with Gasteiger partial charge in [0.2, 0.25) is 0 Å². The van der Waals surface area contributed by atoms with Gasteiger partial charge in [0.15, 0.2) is 0 Å². The van der Waals surface area contributed by atoms with Crippen LogP contribution in [-0.4, -0.2) is 76.2 Å². The normalized spacial score (nSPS) is 15.8. The third-order valence-electron chi connectivity index (χ3n) is 3.74. The fourth-order valence-corrected chi connectivity index (χ4v) is 2.80. The summed E-state index contributed by atoms with van der Waals surface area (Å²) in [5.74, 6) is 0. The zero-order valence-electron chi connectivity index (χ0n) is 17.4. The first-order valence-corrected chi connectivity index (χ1v) is 11.3. The minimum Gasteiger partial charge on any atom is -0.379 e. The fraction of sp³-hybridized carbons (Fsp3) is 1.00. The van der Waals surface area contributed by atoms with E-state index in [1.54, 1.807) is 0 Å². The summed E-state index contributed by atoms with van der Waals surface area (Å²) in [7, 11) is 1.89. The molecular weight excluding hydrogens is 357 g/mol. The Morgan fingerprint density at radius 1 is 0.885 bits per heavy atom. The Balaban J connectivity index is 4.23. The van der Waals surface area contributed by atoms with Gasteiger partial charge in [0.25, 0.3) is 0 Å². The lowest BCUT2D eigenvalue weighted by Gasteiger charge is -2.24. The van der Waals surface area contributed by atoms with Crippen LogP contribution in [0.2, 0.25) is 0 Å². The van der Waals surface area contributed by atoms with Crippen molar-refractivity contribution < 1.29 is 32.5 Å². The molecule has 0 aliphatic heterocycles. The number of quaternary nitrogens is 1. The van der Waals surface area contributed by atoms with Gasteiger partial charge in [0.1, 0.15) is 19.3 Å². The van der Waals surface area contributed by atoms with E-state index in [2.05, 4.69) is 13.8 Å². The summed E-state index contributed by atoms with van der Waals surface area (Å²) in [4.78, 5) is 9.82. The Kier molecular flexibility index (Phi) is 15.0. The predicted octanol–water partition coefficient (Wildman–Crippen LogP) is 3.61. The van der Waals surface area contributed by atoms with Crippen LogP contribution in [0.5, 0.6) is 0 Å². The predicted molar refractivity (Wildman–Crippen MR) is 104 cm³/mol. The molecule has 0 rings (SSSR count). The molecule has 0 radical (unpaired) electrons. The number of rotatable bonds is 18. The summed E-state index contributed by atoms with van der Waals surface area (Å²) in [5, 5.41) is 0. The second kappa shape index (κ2) is 15.0. The average molecular weight is 399 g/mol. The second-order valence-corrected chi connectivity index (χ2v) is 9.05. The molecular formula is C18H41NO6P+. The molecule has 26 heavy (non-hydrogen) atoms. The van der Waals surface area contributed by atoms with E-state index in [9.17, 15) is 9.46 Å². The Labute approximate surface area is 160 Å². The topological polar surface area (TPSA) is 74.2 Å². The molecule has 0 fully saturated rings. The van der Waals surface area contributed by atoms with Crippen molar-refractivity contribution in [1.29, 1.82) is 0 Å². The van der Waals surface area contributed by atoms with Crippen LogP contribution in [0.25, 0.3) is 0 Å². The molecule has 158 valence electrons. The van der Waals surface area contributed by atoms with Gasteiger partial charge in [-0.1, -0.05) is 39.5 Å². The molecule has 1 N–H and O–H groups in total. The van der Waals surface area contributed by atoms with Crippen molar-refractivity contribution in [2.45, 2.75) is 58.5 Å². The van der Waals surface area contributed by atoms with Crippen LogP contribution in [0.1, 0.15) is 52.4 Å². The lowest BCUT2D eigenvalue weighted by Crippen LogP contribution is -2.37. The highest BCUT2D eigenvalue weighted by atomic mass is 31.2. The van der Waals surface area contributed by atoms with Gasteiger partial charge in [-0.2, -0.15) is 0 Å². The second-order valence-electron chi connectivity index (χ2n) is 7.59. The van der Waals surface area contributed by atoms with Crippen molar-refractivity contribution in [3.8, 4) is 0 Å². The van der Waals surface area contributed by atoms with Gasteiger partial charge in [-0.15, -0.1) is 0 Å². The van der Waals surface area contributed by atoms with Crippen LogP contribution in [-0.2, 0) is 23.1 Å². The zero-order valence-corrected chi connectivity index (χ0v) is 18.3. The quantitative estimate of drug-likeness (QED) is 0.216. The van der Waals surface area contributed by atoms with Crippen LogP contribution in [0.3, 0.4) is 0 Å². The van der Waals surface area contributed by atoms with Gasteiger partial charge in [0.05, 0.1) is 34.4 Å². The lowest BCUT2D eigenvalue weighted by atomic mass is 10.2. The van der Waals surface area contributed by atoms with Crippen molar-refractivity contribution in [2.24, 2.45) is 0 Å². The fourth-order valence-electron chi connectivity index (χ4n) is 2.06. The number of ether oxygens (including phenoxy) is 2. The van der Waals surface area contributed by atoms with Crippen LogP contribution in [0.15, 0.2) is 0 Å². The largest absolute Gasteiger partial charge is 0.472 e. The molecule has 0 amide bonds. The number of likely N-dealkylation sites (N-methyl/N-ethyl adjacent to an activating group) is 1. The van der Waals surface area contributed by atoms with E-state index in [0.29, 0.717) is 30.8 Å². The summed E-state index contributed by atoms with van der Waals surface area (Å²) in [6.07, 6.45) is 6.08. The molecule has 7 nitrogen and oxygen atoms in total. The Morgan fingerprint density at radius 2 is 1.50 bits per heavy atom. The number of unbranched alkanes of at least 4 members (excludes halogenated alkanes) is 4. The van der Waals surface area contributed by atoms with E-state index in [-0.39, 0.29) is 19.3 Å². The molecule has 0 saturated carbocycles. The maximum Gasteiger partial charge on any atom is 0.472 e. The van der Waals surface area contributed by atoms with Crippen molar-refractivity contribution in [1.82, 2.24) is 0 Å². The Hall–Kier alpha value is -0.0100. The molecule has 0 aromatic rings. The molecule has 0 aliphatic rings. The summed E-state index contributed by atoms with van der Waals surface area (Å²) < 4.78 is 34.2. The smallest absolute Gasteiger partial charge is 0.379 e. The summed E-state index contributed by atoms with van der Waals surface area (Å²) in [5.41, 5.74) is 0. The summed E-state index contributed by atoms with van der Waals surface area (Å²) in [6.45, 7) is 6.65. The van der Waals surface area contributed by atoms with Crippen molar-refractivity contribution >= 4 is 7.82 Å². The van der Waals surface area contributed by atoms with Crippen LogP contribution in [0, 0.1) is 0 Å². The number of hydrogen-bond acceptors (Lipinski definition) is 5. The number of phosphoric acid groups is 1. The van der Waals surface area contributed by atoms with Crippen molar-refractivity contribution in [3.63, 3.8) is 0 Å². The van der Waals surface area contributed by atoms with Crippen LogP contribution < -0.4 is 0 Å². The zero-order chi connectivity index (χ0) is 19.9. The molecule has 8 heteroatoms. The molecule has 0 heterocycles. The number of nitrogens with zero attached hydrogens (tertiary/aromatic N) is 1. The first-order valence-electron chi connectivity index (χ1n) is 9.82. The van der Waals surface area contributed by atoms with Crippen LogP contribution >= 0.6 is 7.82 Å². The molecule has 2 atom stereocenters. The van der Waals surface area contributed by atoms with E-state index >= 15 is 0 Å². The van der Waals surface area contributed by atoms with E-state index in [4.69, 9.17) is 18.5 Å². The number of phosphoric ester groups is 1. The standard InChI is InChI=1S/C18H40NO6P/c1-6-8-10-13-22-16-18(23-14-11-9-7-2)17-25-26(20,21)24-15-12-19(3,4)5/h18H,6-17H2,1-5H3/p+1. The van der Waals surface area contributed by atoms with Crippen molar-refractivity contribution in [3.05, 3.63) is 0 Å². The molecule has 0 saturated heterocycles. The van der Waals surface area contributed by atoms with Gasteiger partial charge in [-0.05, 0) is 12.8 Å². The maximum absolute atomic E-state index is 12.0. The highest BCUT2D eigenvalue weighted by molar-refractivity contribution is 7.47. The minimum absolute atomic E-state index is 0.0158. The Morgan fingerprint density at radius 3 is 2.08 bits per heavy atom. The van der Waals surface area contributed by atoms with E-state index in [0.717, 1.165) is 38.5 Å². The molecule has 2 unspecified atom stereocenters. The molecule has 0 aliphatic carbocycles. The molecule has 0 spiro atoms. The van der Waals surface area contributed by atoms with Gasteiger partial charge < -0.3 is 18.9 Å². The summed E-state index contributed by atoms with van der Waals surface area (Å²) >= 11 is 0. The van der Waals surface area contributed by atoms with Gasteiger partial charge >= 0.3 is 7.82 Å². The van der Waals surface area contributed by atoms with E-state index in [1.807, 2.05) is 21.1 Å². The number of hydrogen-bond donors (Lipinski definition) is 1. The minimum atomic E-state index is -4.07. The van der Waals surface area contributed by atoms with Crippen molar-refractivity contribution in [2.75, 3.05) is 60.7 Å². The first kappa shape index (κ1) is 26.0. The molecule has 0 aromatic heterocycles. The first-order chi connectivity index (χ1) is 12.2. The Bertz CT molecular complexity index is 375. The lowest BCUT2D eigenvalue weighted by molar-refractivity contribution is -0.870. The average Bonchev–Trinajstić information content (AvgIpc) is 2.54. The van der Waals surface area contributed by atoms with Crippen LogP contribution in [0.4, 0.5) is 0 Å². The monoisotopic (exact) mass is 398 g/mol. The highest BCUT2D eigenvalue weighted by Gasteiger charge is 2.25. The van der Waals surface area contributed by atoms with Gasteiger partial charge in [0, 0.05) is 13.2 Å². The van der Waals surface area contributed by atoms with E-state index < -0.39 is 7.82 Å². The highest BCUT2D eigenvalue weighted by Crippen LogP contribution is 2.43. The maximum atomic E-state index is 12.0. The summed E-state index contributed by atoms with van der Waals surface area (Å²) in [6, 6.07) is 0. The third kappa shape index (κ3) is 17.4. The van der Waals surface area contributed by atoms with E-state index in [1.165, 1.54) is 0 Å². The SMILES string of the molecule is CCCCCOCC(COP(=O)(O)OCC[N+](C)(C)C)OCCCCC. The molecule has 0 aromatic carbocycles. The van der Waals surface area contributed by atoms with Gasteiger partial charge in [-0.25, -0.2) is 4.57 Å². The van der Waals surface area contributed by atoms with Gasteiger partial charge in [-0.3, -0.25) is 9.05 Å². The molecule has 0 bridgehead atoms. The third-order valence-corrected chi connectivity index (χ3v) is 4.72.